The molecule has 0 radical (unpaired) electrons. The van der Waals surface area contributed by atoms with Crippen molar-refractivity contribution in [3.05, 3.63) is 11.8 Å². The summed E-state index contributed by atoms with van der Waals surface area (Å²) in [5.74, 6) is 5.75. The summed E-state index contributed by atoms with van der Waals surface area (Å²) in [6.07, 6.45) is 0. The smallest absolute Gasteiger partial charge is 0.126 e. The van der Waals surface area contributed by atoms with E-state index in [1.54, 1.807) is 5.01 Å². The van der Waals surface area contributed by atoms with Crippen LogP contribution in [0.1, 0.15) is 19.5 Å². The molecule has 1 rings (SSSR count). The molecule has 0 aliphatic carbocycles. The van der Waals surface area contributed by atoms with Gasteiger partial charge in [0.25, 0.3) is 0 Å². The zero-order valence-corrected chi connectivity index (χ0v) is 7.85. The van der Waals surface area contributed by atoms with Crippen LogP contribution in [0.25, 0.3) is 0 Å². The standard InChI is InChI=1S/C7H13N3S/c1-5(2)10(8)7-4-6(3)9-11-7/h4-5H,8H2,1-3H3. The van der Waals surface area contributed by atoms with Crippen LogP contribution >= 0.6 is 11.5 Å². The number of aromatic nitrogens is 1. The van der Waals surface area contributed by atoms with E-state index in [9.17, 15) is 0 Å². The van der Waals surface area contributed by atoms with Gasteiger partial charge >= 0.3 is 0 Å². The first kappa shape index (κ1) is 8.49. The van der Waals surface area contributed by atoms with Crippen molar-refractivity contribution < 1.29 is 0 Å². The summed E-state index contributed by atoms with van der Waals surface area (Å²) in [6, 6.07) is 2.32. The van der Waals surface area contributed by atoms with Gasteiger partial charge in [0.15, 0.2) is 0 Å². The lowest BCUT2D eigenvalue weighted by Crippen LogP contribution is -2.36. The second-order valence-electron chi connectivity index (χ2n) is 2.81. The predicted molar refractivity (Wildman–Crippen MR) is 48.7 cm³/mol. The summed E-state index contributed by atoms with van der Waals surface area (Å²) in [4.78, 5) is 0. The fourth-order valence-corrected chi connectivity index (χ4v) is 1.54. The van der Waals surface area contributed by atoms with Crippen LogP contribution in [0.3, 0.4) is 0 Å². The molecule has 2 N–H and O–H groups in total. The highest BCUT2D eigenvalue weighted by Crippen LogP contribution is 2.19. The normalized spacial score (nSPS) is 10.6. The average Bonchev–Trinajstić information content (AvgIpc) is 2.34. The van der Waals surface area contributed by atoms with Gasteiger partial charge in [0, 0.05) is 6.04 Å². The Hall–Kier alpha value is -0.610. The van der Waals surface area contributed by atoms with E-state index in [2.05, 4.69) is 18.2 Å². The highest BCUT2D eigenvalue weighted by molar-refractivity contribution is 7.10. The molecular weight excluding hydrogens is 158 g/mol. The van der Waals surface area contributed by atoms with Gasteiger partial charge in [-0.3, -0.25) is 5.01 Å². The molecular formula is C7H13N3S. The first-order chi connectivity index (χ1) is 5.11. The number of nitrogens with two attached hydrogens (primary N) is 1. The number of hydrogen-bond acceptors (Lipinski definition) is 4. The van der Waals surface area contributed by atoms with Gasteiger partial charge < -0.3 is 0 Å². The van der Waals surface area contributed by atoms with Crippen LogP contribution in [-0.2, 0) is 0 Å². The van der Waals surface area contributed by atoms with Gasteiger partial charge in [0.1, 0.15) is 5.00 Å². The average molecular weight is 171 g/mol. The zero-order chi connectivity index (χ0) is 8.43. The van der Waals surface area contributed by atoms with E-state index in [1.807, 2.05) is 13.0 Å². The third-order valence-corrected chi connectivity index (χ3v) is 2.32. The lowest BCUT2D eigenvalue weighted by Gasteiger charge is -2.19. The minimum Gasteiger partial charge on any atom is -0.298 e. The first-order valence-corrected chi connectivity index (χ1v) is 4.36. The topological polar surface area (TPSA) is 42.1 Å². The molecule has 62 valence electrons. The monoisotopic (exact) mass is 171 g/mol. The Morgan fingerprint density at radius 1 is 1.64 bits per heavy atom. The molecule has 0 saturated heterocycles. The van der Waals surface area contributed by atoms with Gasteiger partial charge in [-0.15, -0.1) is 0 Å². The first-order valence-electron chi connectivity index (χ1n) is 3.58. The maximum Gasteiger partial charge on any atom is 0.126 e. The van der Waals surface area contributed by atoms with Crippen molar-refractivity contribution >= 4 is 16.5 Å². The highest BCUT2D eigenvalue weighted by atomic mass is 32.1. The number of anilines is 1. The molecule has 0 aliphatic rings. The van der Waals surface area contributed by atoms with E-state index < -0.39 is 0 Å². The summed E-state index contributed by atoms with van der Waals surface area (Å²) in [5, 5.41) is 2.75. The maximum atomic E-state index is 5.75. The van der Waals surface area contributed by atoms with E-state index in [1.165, 1.54) is 11.5 Å². The molecule has 0 unspecified atom stereocenters. The number of aryl methyl sites for hydroxylation is 1. The minimum absolute atomic E-state index is 0.329. The molecule has 1 aromatic heterocycles. The Labute approximate surface area is 71.0 Å². The Balaban J connectivity index is 2.76. The van der Waals surface area contributed by atoms with Crippen LogP contribution < -0.4 is 10.9 Å². The summed E-state index contributed by atoms with van der Waals surface area (Å²) in [5.41, 5.74) is 1.03. The van der Waals surface area contributed by atoms with Gasteiger partial charge in [-0.05, 0) is 38.4 Å². The van der Waals surface area contributed by atoms with E-state index in [0.717, 1.165) is 10.7 Å². The molecule has 0 aliphatic heterocycles. The Morgan fingerprint density at radius 3 is 2.64 bits per heavy atom. The van der Waals surface area contributed by atoms with Crippen molar-refractivity contribution in [2.75, 3.05) is 5.01 Å². The Kier molecular flexibility index (Phi) is 2.46. The summed E-state index contributed by atoms with van der Waals surface area (Å²) < 4.78 is 4.14. The second-order valence-corrected chi connectivity index (χ2v) is 3.59. The molecule has 0 saturated carbocycles. The van der Waals surface area contributed by atoms with Crippen LogP contribution in [-0.4, -0.2) is 10.4 Å². The number of nitrogens with zero attached hydrogens (tertiary/aromatic N) is 2. The van der Waals surface area contributed by atoms with E-state index in [-0.39, 0.29) is 0 Å². The minimum atomic E-state index is 0.329. The molecule has 0 amide bonds. The molecule has 0 aromatic carbocycles. The van der Waals surface area contributed by atoms with Gasteiger partial charge in [0.05, 0.1) is 5.69 Å². The van der Waals surface area contributed by atoms with Crippen molar-refractivity contribution in [1.82, 2.24) is 4.37 Å². The molecule has 1 aromatic rings. The quantitative estimate of drug-likeness (QED) is 0.542. The van der Waals surface area contributed by atoms with Gasteiger partial charge in [-0.1, -0.05) is 0 Å². The molecule has 0 spiro atoms. The molecule has 3 nitrogen and oxygen atoms in total. The van der Waals surface area contributed by atoms with E-state index in [4.69, 9.17) is 5.84 Å². The fraction of sp³-hybridized carbons (Fsp3) is 0.571. The van der Waals surface area contributed by atoms with Crippen molar-refractivity contribution in [2.45, 2.75) is 26.8 Å². The maximum absolute atomic E-state index is 5.75. The Bertz CT molecular complexity index is 231. The van der Waals surface area contributed by atoms with Crippen molar-refractivity contribution in [2.24, 2.45) is 5.84 Å². The zero-order valence-electron chi connectivity index (χ0n) is 7.03. The SMILES string of the molecule is Cc1cc(N(N)C(C)C)sn1. The van der Waals surface area contributed by atoms with E-state index >= 15 is 0 Å². The predicted octanol–water partition coefficient (Wildman–Crippen LogP) is 1.54. The third-order valence-electron chi connectivity index (χ3n) is 1.43. The molecule has 11 heavy (non-hydrogen) atoms. The van der Waals surface area contributed by atoms with Crippen LogP contribution in [0.15, 0.2) is 6.07 Å². The lowest BCUT2D eigenvalue weighted by atomic mass is 10.4. The van der Waals surface area contributed by atoms with E-state index in [0.29, 0.717) is 6.04 Å². The lowest BCUT2D eigenvalue weighted by molar-refractivity contribution is 0.717. The number of rotatable bonds is 2. The van der Waals surface area contributed by atoms with Gasteiger partial charge in [-0.2, -0.15) is 4.37 Å². The van der Waals surface area contributed by atoms with Crippen molar-refractivity contribution in [3.63, 3.8) is 0 Å². The molecule has 1 heterocycles. The molecule has 0 atom stereocenters. The number of hydrazine groups is 1. The highest BCUT2D eigenvalue weighted by Gasteiger charge is 2.07. The molecule has 0 fully saturated rings. The largest absolute Gasteiger partial charge is 0.298 e. The molecule has 0 bridgehead atoms. The second kappa shape index (κ2) is 3.19. The summed E-state index contributed by atoms with van der Waals surface area (Å²) >= 11 is 1.44. The van der Waals surface area contributed by atoms with Gasteiger partial charge in [-0.25, -0.2) is 5.84 Å². The van der Waals surface area contributed by atoms with Crippen molar-refractivity contribution in [1.29, 1.82) is 0 Å². The third kappa shape index (κ3) is 1.91. The fourth-order valence-electron chi connectivity index (χ4n) is 0.726. The van der Waals surface area contributed by atoms with Gasteiger partial charge in [0.2, 0.25) is 0 Å². The van der Waals surface area contributed by atoms with Crippen LogP contribution in [0.2, 0.25) is 0 Å². The van der Waals surface area contributed by atoms with Crippen molar-refractivity contribution in [3.8, 4) is 0 Å². The molecule has 4 heteroatoms. The van der Waals surface area contributed by atoms with Crippen LogP contribution in [0.5, 0.6) is 0 Å². The van der Waals surface area contributed by atoms with Crippen LogP contribution in [0, 0.1) is 6.92 Å². The number of hydrogen-bond donors (Lipinski definition) is 1. The Morgan fingerprint density at radius 2 is 2.27 bits per heavy atom. The summed E-state index contributed by atoms with van der Waals surface area (Å²) in [7, 11) is 0. The van der Waals surface area contributed by atoms with Crippen LogP contribution in [0.4, 0.5) is 5.00 Å². The summed E-state index contributed by atoms with van der Waals surface area (Å²) in [6.45, 7) is 6.07.